The first-order valence-electron chi connectivity index (χ1n) is 5.19. The van der Waals surface area contributed by atoms with E-state index in [2.05, 4.69) is 10.1 Å². The molecular weight excluding hydrogens is 223 g/mol. The molecule has 5 nitrogen and oxygen atoms in total. The van der Waals surface area contributed by atoms with Crippen molar-refractivity contribution < 1.29 is 9.13 Å². The summed E-state index contributed by atoms with van der Waals surface area (Å²) >= 11 is 0. The van der Waals surface area contributed by atoms with E-state index in [1.54, 1.807) is 18.1 Å². The zero-order chi connectivity index (χ0) is 12.4. The van der Waals surface area contributed by atoms with Crippen LogP contribution in [0.4, 0.5) is 10.1 Å². The van der Waals surface area contributed by atoms with Gasteiger partial charge in [-0.2, -0.15) is 5.10 Å². The first kappa shape index (κ1) is 11.4. The van der Waals surface area contributed by atoms with Crippen molar-refractivity contribution in [3.63, 3.8) is 0 Å². The second kappa shape index (κ2) is 4.40. The van der Waals surface area contributed by atoms with Crippen molar-refractivity contribution >= 4 is 5.69 Å². The van der Waals surface area contributed by atoms with Crippen LogP contribution in [0.25, 0.3) is 11.4 Å². The molecule has 2 aromatic rings. The number of nitrogen functional groups attached to an aromatic ring is 1. The Balaban J connectivity index is 2.54. The molecule has 2 rings (SSSR count). The highest BCUT2D eigenvalue weighted by atomic mass is 19.1. The minimum atomic E-state index is -0.506. The van der Waals surface area contributed by atoms with Crippen LogP contribution in [0.15, 0.2) is 18.5 Å². The number of benzene rings is 1. The van der Waals surface area contributed by atoms with Crippen LogP contribution in [-0.4, -0.2) is 21.4 Å². The van der Waals surface area contributed by atoms with Gasteiger partial charge in [-0.3, -0.25) is 4.68 Å². The summed E-state index contributed by atoms with van der Waals surface area (Å²) in [4.78, 5) is 4.09. The molecule has 0 amide bonds. The lowest BCUT2D eigenvalue weighted by Gasteiger charge is -2.09. The Hall–Kier alpha value is -2.11. The lowest BCUT2D eigenvalue weighted by atomic mass is 10.1. The summed E-state index contributed by atoms with van der Waals surface area (Å²) in [7, 11) is 1.75. The summed E-state index contributed by atoms with van der Waals surface area (Å²) in [6.07, 6.45) is 1.56. The van der Waals surface area contributed by atoms with Crippen molar-refractivity contribution in [2.45, 2.75) is 6.92 Å². The van der Waals surface area contributed by atoms with Gasteiger partial charge in [0.25, 0.3) is 0 Å². The highest BCUT2D eigenvalue weighted by Gasteiger charge is 2.14. The molecule has 0 aliphatic carbocycles. The third-order valence-electron chi connectivity index (χ3n) is 2.24. The molecule has 0 saturated heterocycles. The molecular formula is C11H13FN4O. The number of aryl methyl sites for hydroxylation is 1. The van der Waals surface area contributed by atoms with Gasteiger partial charge >= 0.3 is 0 Å². The van der Waals surface area contributed by atoms with Crippen LogP contribution in [0.2, 0.25) is 0 Å². The molecule has 90 valence electrons. The van der Waals surface area contributed by atoms with Crippen molar-refractivity contribution in [1.82, 2.24) is 14.8 Å². The molecule has 1 aromatic heterocycles. The van der Waals surface area contributed by atoms with Crippen LogP contribution in [-0.2, 0) is 7.05 Å². The summed E-state index contributed by atoms with van der Waals surface area (Å²) in [6, 6.07) is 2.74. The molecule has 1 aromatic carbocycles. The number of ether oxygens (including phenoxy) is 1. The van der Waals surface area contributed by atoms with Crippen molar-refractivity contribution in [3.05, 3.63) is 24.3 Å². The lowest BCUT2D eigenvalue weighted by Crippen LogP contribution is -1.99. The number of halogens is 1. The van der Waals surface area contributed by atoms with Crippen molar-refractivity contribution in [3.8, 4) is 17.1 Å². The van der Waals surface area contributed by atoms with Gasteiger partial charge in [-0.05, 0) is 13.0 Å². The maximum absolute atomic E-state index is 13.4. The zero-order valence-corrected chi connectivity index (χ0v) is 9.64. The number of nitrogens with zero attached hydrogens (tertiary/aromatic N) is 3. The summed E-state index contributed by atoms with van der Waals surface area (Å²) in [5.41, 5.74) is 6.18. The van der Waals surface area contributed by atoms with E-state index in [1.165, 1.54) is 12.1 Å². The molecule has 2 N–H and O–H groups in total. The molecule has 0 unspecified atom stereocenters. The summed E-state index contributed by atoms with van der Waals surface area (Å²) < 4.78 is 20.3. The average molecular weight is 236 g/mol. The van der Waals surface area contributed by atoms with Crippen LogP contribution in [0, 0.1) is 5.82 Å². The highest BCUT2D eigenvalue weighted by Crippen LogP contribution is 2.31. The maximum Gasteiger partial charge on any atom is 0.184 e. The van der Waals surface area contributed by atoms with E-state index in [1.807, 2.05) is 6.92 Å². The first-order valence-corrected chi connectivity index (χ1v) is 5.19. The van der Waals surface area contributed by atoms with Gasteiger partial charge in [-0.25, -0.2) is 9.37 Å². The Kier molecular flexibility index (Phi) is 2.95. The molecule has 6 heteroatoms. The lowest BCUT2D eigenvalue weighted by molar-refractivity contribution is 0.339. The van der Waals surface area contributed by atoms with Gasteiger partial charge in [0.2, 0.25) is 0 Å². The van der Waals surface area contributed by atoms with Crippen LogP contribution in [0.1, 0.15) is 6.92 Å². The molecule has 0 fully saturated rings. The Labute approximate surface area is 98.0 Å². The van der Waals surface area contributed by atoms with E-state index in [9.17, 15) is 4.39 Å². The van der Waals surface area contributed by atoms with Crippen molar-refractivity contribution in [2.24, 2.45) is 7.05 Å². The second-order valence-corrected chi connectivity index (χ2v) is 3.54. The number of hydrogen-bond acceptors (Lipinski definition) is 4. The van der Waals surface area contributed by atoms with E-state index in [-0.39, 0.29) is 5.69 Å². The normalized spacial score (nSPS) is 10.5. The minimum Gasteiger partial charge on any atom is -0.493 e. The van der Waals surface area contributed by atoms with Gasteiger partial charge in [0, 0.05) is 13.1 Å². The standard InChI is InChI=1S/C11H13FN4O/c1-3-17-10-5-8(12)9(13)4-7(10)11-14-6-16(2)15-11/h4-6H,3,13H2,1-2H3. The van der Waals surface area contributed by atoms with Gasteiger partial charge < -0.3 is 10.5 Å². The Bertz CT molecular complexity index is 538. The Morgan fingerprint density at radius 2 is 2.24 bits per heavy atom. The Morgan fingerprint density at radius 1 is 1.47 bits per heavy atom. The van der Waals surface area contributed by atoms with E-state index in [0.717, 1.165) is 0 Å². The predicted molar refractivity (Wildman–Crippen MR) is 62.0 cm³/mol. The van der Waals surface area contributed by atoms with Gasteiger partial charge in [-0.15, -0.1) is 0 Å². The van der Waals surface area contributed by atoms with E-state index in [4.69, 9.17) is 10.5 Å². The highest BCUT2D eigenvalue weighted by molar-refractivity contribution is 5.69. The maximum atomic E-state index is 13.4. The number of hydrogen-bond donors (Lipinski definition) is 1. The zero-order valence-electron chi connectivity index (χ0n) is 9.64. The molecule has 0 aliphatic rings. The van der Waals surface area contributed by atoms with Crippen molar-refractivity contribution in [1.29, 1.82) is 0 Å². The molecule has 0 aliphatic heterocycles. The monoisotopic (exact) mass is 236 g/mol. The molecule has 0 saturated carbocycles. The quantitative estimate of drug-likeness (QED) is 0.822. The fourth-order valence-electron chi connectivity index (χ4n) is 1.48. The van der Waals surface area contributed by atoms with Crippen molar-refractivity contribution in [2.75, 3.05) is 12.3 Å². The number of aromatic nitrogens is 3. The first-order chi connectivity index (χ1) is 8.11. The third-order valence-corrected chi connectivity index (χ3v) is 2.24. The van der Waals surface area contributed by atoms with Crippen LogP contribution < -0.4 is 10.5 Å². The minimum absolute atomic E-state index is 0.0518. The van der Waals surface area contributed by atoms with Gasteiger partial charge in [0.05, 0.1) is 17.9 Å². The largest absolute Gasteiger partial charge is 0.493 e. The molecule has 1 heterocycles. The molecule has 0 radical (unpaired) electrons. The topological polar surface area (TPSA) is 66.0 Å². The molecule has 0 spiro atoms. The van der Waals surface area contributed by atoms with Gasteiger partial charge in [0.15, 0.2) is 5.82 Å². The van der Waals surface area contributed by atoms with E-state index in [0.29, 0.717) is 23.7 Å². The van der Waals surface area contributed by atoms with E-state index < -0.39 is 5.82 Å². The summed E-state index contributed by atoms with van der Waals surface area (Å²) in [6.45, 7) is 2.26. The van der Waals surface area contributed by atoms with Gasteiger partial charge in [-0.1, -0.05) is 0 Å². The molecule has 17 heavy (non-hydrogen) atoms. The third kappa shape index (κ3) is 2.20. The predicted octanol–water partition coefficient (Wildman–Crippen LogP) is 1.60. The smallest absolute Gasteiger partial charge is 0.184 e. The van der Waals surface area contributed by atoms with E-state index >= 15 is 0 Å². The van der Waals surface area contributed by atoms with Crippen LogP contribution in [0.5, 0.6) is 5.75 Å². The number of anilines is 1. The number of rotatable bonds is 3. The summed E-state index contributed by atoms with van der Waals surface area (Å²) in [5.74, 6) is 0.348. The van der Waals surface area contributed by atoms with Crippen LogP contribution in [0.3, 0.4) is 0 Å². The fourth-order valence-corrected chi connectivity index (χ4v) is 1.48. The second-order valence-electron chi connectivity index (χ2n) is 3.54. The van der Waals surface area contributed by atoms with Crippen LogP contribution >= 0.6 is 0 Å². The Morgan fingerprint density at radius 3 is 2.82 bits per heavy atom. The molecule has 0 bridgehead atoms. The van der Waals surface area contributed by atoms with Gasteiger partial charge in [0.1, 0.15) is 17.9 Å². The fraction of sp³-hybridized carbons (Fsp3) is 0.273. The average Bonchev–Trinajstić information content (AvgIpc) is 2.70. The summed E-state index contributed by atoms with van der Waals surface area (Å²) in [5, 5.41) is 4.14. The molecule has 0 atom stereocenters. The SMILES string of the molecule is CCOc1cc(F)c(N)cc1-c1ncn(C)n1. The number of nitrogens with two attached hydrogens (primary N) is 1.